The maximum atomic E-state index is 13.9. The van der Waals surface area contributed by atoms with E-state index in [0.717, 1.165) is 22.5 Å². The van der Waals surface area contributed by atoms with Gasteiger partial charge in [-0.25, -0.2) is 9.45 Å². The first-order valence-electron chi connectivity index (χ1n) is 10.2. The zero-order chi connectivity index (χ0) is 22.3. The lowest BCUT2D eigenvalue weighted by Crippen LogP contribution is -2.19. The van der Waals surface area contributed by atoms with Gasteiger partial charge in [-0.3, -0.25) is 4.84 Å². The molecule has 0 saturated carbocycles. The molecule has 3 rings (SSSR count). The molecule has 160 valence electrons. The van der Waals surface area contributed by atoms with Crippen LogP contribution in [-0.4, -0.2) is 13.7 Å². The molecular formula is C27H28FNO2. The van der Waals surface area contributed by atoms with Crippen molar-refractivity contribution in [1.29, 1.82) is 0 Å². The van der Waals surface area contributed by atoms with E-state index in [1.165, 1.54) is 6.07 Å². The summed E-state index contributed by atoms with van der Waals surface area (Å²) >= 11 is 0. The monoisotopic (exact) mass is 417 g/mol. The molecule has 0 unspecified atom stereocenters. The SMILES string of the molecule is COCC(C)(C)C#Cc1ccccc1N(OCc1ccccc1)c1ccc(F)c(C)c1. The standard InChI is InChI=1S/C27H28FNO2/c1-21-18-24(14-15-25(21)28)29(31-19-22-10-6-5-7-11-22)26-13-9-8-12-23(26)16-17-27(2,3)20-30-4/h5-15,18H,19-20H2,1-4H3. The van der Waals surface area contributed by atoms with E-state index in [9.17, 15) is 4.39 Å². The van der Waals surface area contributed by atoms with Crippen molar-refractivity contribution in [1.82, 2.24) is 0 Å². The number of anilines is 2. The van der Waals surface area contributed by atoms with Gasteiger partial charge >= 0.3 is 0 Å². The topological polar surface area (TPSA) is 21.7 Å². The summed E-state index contributed by atoms with van der Waals surface area (Å²) in [6.07, 6.45) is 0. The van der Waals surface area contributed by atoms with Crippen LogP contribution in [0.2, 0.25) is 0 Å². The number of hydrogen-bond donors (Lipinski definition) is 0. The van der Waals surface area contributed by atoms with Gasteiger partial charge in [-0.05, 0) is 62.2 Å². The molecule has 4 heteroatoms. The predicted molar refractivity (Wildman–Crippen MR) is 123 cm³/mol. The second-order valence-corrected chi connectivity index (χ2v) is 8.07. The molecule has 0 amide bonds. The number of aryl methyl sites for hydroxylation is 1. The first-order chi connectivity index (χ1) is 14.9. The third-order valence-electron chi connectivity index (χ3n) is 4.74. The normalized spacial score (nSPS) is 11.0. The maximum Gasteiger partial charge on any atom is 0.126 e. The van der Waals surface area contributed by atoms with Gasteiger partial charge in [-0.15, -0.1) is 0 Å². The van der Waals surface area contributed by atoms with Gasteiger partial charge in [0, 0.05) is 12.5 Å². The minimum Gasteiger partial charge on any atom is -0.383 e. The molecule has 0 aromatic heterocycles. The molecule has 0 bridgehead atoms. The molecule has 31 heavy (non-hydrogen) atoms. The number of benzene rings is 3. The van der Waals surface area contributed by atoms with Crippen LogP contribution < -0.4 is 5.06 Å². The van der Waals surface area contributed by atoms with E-state index in [4.69, 9.17) is 9.57 Å². The molecule has 0 aliphatic heterocycles. The lowest BCUT2D eigenvalue weighted by atomic mass is 9.95. The van der Waals surface area contributed by atoms with E-state index in [-0.39, 0.29) is 11.2 Å². The highest BCUT2D eigenvalue weighted by Gasteiger charge is 2.17. The Kier molecular flexibility index (Phi) is 7.46. The van der Waals surface area contributed by atoms with E-state index in [0.29, 0.717) is 18.8 Å². The van der Waals surface area contributed by atoms with Crippen molar-refractivity contribution in [3.05, 3.63) is 95.3 Å². The number of rotatable bonds is 7. The summed E-state index contributed by atoms with van der Waals surface area (Å²) < 4.78 is 19.2. The number of methoxy groups -OCH3 is 1. The highest BCUT2D eigenvalue weighted by atomic mass is 19.1. The molecular weight excluding hydrogens is 389 g/mol. The Labute approximate surface area is 184 Å². The van der Waals surface area contributed by atoms with Gasteiger partial charge in [-0.1, -0.05) is 54.3 Å². The highest BCUT2D eigenvalue weighted by molar-refractivity contribution is 5.68. The number of hydrogen-bond acceptors (Lipinski definition) is 3. The second kappa shape index (κ2) is 10.3. The van der Waals surface area contributed by atoms with E-state index >= 15 is 0 Å². The summed E-state index contributed by atoms with van der Waals surface area (Å²) in [6.45, 7) is 6.73. The van der Waals surface area contributed by atoms with Crippen LogP contribution in [0.5, 0.6) is 0 Å². The van der Waals surface area contributed by atoms with Gasteiger partial charge in [-0.2, -0.15) is 0 Å². The maximum absolute atomic E-state index is 13.9. The summed E-state index contributed by atoms with van der Waals surface area (Å²) in [4.78, 5) is 6.23. The van der Waals surface area contributed by atoms with Crippen molar-refractivity contribution in [3.8, 4) is 11.8 Å². The third kappa shape index (κ3) is 6.18. The molecule has 0 fully saturated rings. The van der Waals surface area contributed by atoms with Gasteiger partial charge in [0.15, 0.2) is 0 Å². The van der Waals surface area contributed by atoms with Gasteiger partial charge in [0.25, 0.3) is 0 Å². The lowest BCUT2D eigenvalue weighted by Gasteiger charge is -2.26. The molecule has 0 heterocycles. The van der Waals surface area contributed by atoms with Crippen LogP contribution in [0.4, 0.5) is 15.8 Å². The number of nitrogens with zero attached hydrogens (tertiary/aromatic N) is 1. The summed E-state index contributed by atoms with van der Waals surface area (Å²) in [5.74, 6) is 6.34. The molecule has 0 saturated heterocycles. The van der Waals surface area contributed by atoms with E-state index in [2.05, 4.69) is 11.8 Å². The van der Waals surface area contributed by atoms with Crippen molar-refractivity contribution in [2.24, 2.45) is 5.41 Å². The van der Waals surface area contributed by atoms with Crippen molar-refractivity contribution in [2.45, 2.75) is 27.4 Å². The van der Waals surface area contributed by atoms with Crippen LogP contribution in [0, 0.1) is 30.0 Å². The van der Waals surface area contributed by atoms with Crippen LogP contribution in [-0.2, 0) is 16.2 Å². The van der Waals surface area contributed by atoms with Crippen molar-refractivity contribution in [3.63, 3.8) is 0 Å². The van der Waals surface area contributed by atoms with Gasteiger partial charge < -0.3 is 4.74 Å². The molecule has 3 aromatic carbocycles. The average molecular weight is 418 g/mol. The Hall–Kier alpha value is -3.13. The van der Waals surface area contributed by atoms with Crippen LogP contribution in [0.3, 0.4) is 0 Å². The van der Waals surface area contributed by atoms with E-state index < -0.39 is 0 Å². The van der Waals surface area contributed by atoms with Crippen molar-refractivity contribution in [2.75, 3.05) is 18.8 Å². The zero-order valence-corrected chi connectivity index (χ0v) is 18.5. The molecule has 3 nitrogen and oxygen atoms in total. The van der Waals surface area contributed by atoms with Crippen LogP contribution >= 0.6 is 0 Å². The van der Waals surface area contributed by atoms with E-state index in [1.54, 1.807) is 31.2 Å². The van der Waals surface area contributed by atoms with Crippen LogP contribution in [0.1, 0.15) is 30.5 Å². The number of para-hydroxylation sites is 1. The largest absolute Gasteiger partial charge is 0.383 e. The Morgan fingerprint density at radius 2 is 1.68 bits per heavy atom. The summed E-state index contributed by atoms with van der Waals surface area (Å²) in [6, 6.07) is 22.7. The summed E-state index contributed by atoms with van der Waals surface area (Å²) in [5.41, 5.74) is 3.66. The number of ether oxygens (including phenoxy) is 1. The minimum absolute atomic E-state index is 0.249. The van der Waals surface area contributed by atoms with E-state index in [1.807, 2.05) is 68.4 Å². The fourth-order valence-corrected chi connectivity index (χ4v) is 3.14. The molecule has 0 atom stereocenters. The average Bonchev–Trinajstić information content (AvgIpc) is 2.76. The Morgan fingerprint density at radius 1 is 0.968 bits per heavy atom. The van der Waals surface area contributed by atoms with Crippen LogP contribution in [0.25, 0.3) is 0 Å². The smallest absolute Gasteiger partial charge is 0.126 e. The first-order valence-corrected chi connectivity index (χ1v) is 10.2. The fraction of sp³-hybridized carbons (Fsp3) is 0.259. The van der Waals surface area contributed by atoms with Crippen LogP contribution in [0.15, 0.2) is 72.8 Å². The Balaban J connectivity index is 2.01. The molecule has 0 aliphatic carbocycles. The molecule has 0 radical (unpaired) electrons. The van der Waals surface area contributed by atoms with Crippen molar-refractivity contribution >= 4 is 11.4 Å². The van der Waals surface area contributed by atoms with Gasteiger partial charge in [0.2, 0.25) is 0 Å². The quantitative estimate of drug-likeness (QED) is 0.327. The summed E-state index contributed by atoms with van der Waals surface area (Å²) in [7, 11) is 1.67. The Bertz CT molecular complexity index is 1070. The number of halogens is 1. The summed E-state index contributed by atoms with van der Waals surface area (Å²) in [5, 5.41) is 1.73. The molecule has 0 N–H and O–H groups in total. The predicted octanol–water partition coefficient (Wildman–Crippen LogP) is 6.43. The van der Waals surface area contributed by atoms with Gasteiger partial charge in [0.05, 0.1) is 23.5 Å². The second-order valence-electron chi connectivity index (χ2n) is 8.07. The zero-order valence-electron chi connectivity index (χ0n) is 18.5. The first kappa shape index (κ1) is 22.6. The molecule has 0 aliphatic rings. The minimum atomic E-state index is -0.288. The highest BCUT2D eigenvalue weighted by Crippen LogP contribution is 2.31. The molecule has 3 aromatic rings. The lowest BCUT2D eigenvalue weighted by molar-refractivity contribution is 0.122. The Morgan fingerprint density at radius 3 is 2.39 bits per heavy atom. The third-order valence-corrected chi connectivity index (χ3v) is 4.74. The van der Waals surface area contributed by atoms with Gasteiger partial charge in [0.1, 0.15) is 12.4 Å². The van der Waals surface area contributed by atoms with Crippen molar-refractivity contribution < 1.29 is 14.0 Å². The fourth-order valence-electron chi connectivity index (χ4n) is 3.14. The molecule has 0 spiro atoms.